The Kier molecular flexibility index (Phi) is 2.63. The van der Waals surface area contributed by atoms with E-state index in [9.17, 15) is 0 Å². The van der Waals surface area contributed by atoms with Crippen LogP contribution in [0.15, 0.2) is 20.8 Å². The SMILES string of the molecule is C[Si](C)(C)C1C=[C]2[Bi]=[c]3sccc3=C2S1. The molecule has 3 rings (SSSR count). The van der Waals surface area contributed by atoms with E-state index in [0.29, 0.717) is 0 Å². The predicted octanol–water partition coefficient (Wildman–Crippen LogP) is 2.70. The molecule has 2 aliphatic rings. The second kappa shape index (κ2) is 3.63. The number of hydrogen-bond acceptors (Lipinski definition) is 2. The van der Waals surface area contributed by atoms with Gasteiger partial charge in [-0.3, -0.25) is 0 Å². The first kappa shape index (κ1) is 10.9. The summed E-state index contributed by atoms with van der Waals surface area (Å²) < 4.78 is 3.56. The quantitative estimate of drug-likeness (QED) is 0.598. The molecule has 0 saturated heterocycles. The third kappa shape index (κ3) is 1.78. The minimum absolute atomic E-state index is 0.469. The van der Waals surface area contributed by atoms with E-state index in [1.54, 1.807) is 15.6 Å². The van der Waals surface area contributed by atoms with Crippen molar-refractivity contribution in [3.8, 4) is 0 Å². The molecule has 0 fully saturated rings. The van der Waals surface area contributed by atoms with Gasteiger partial charge in [0.25, 0.3) is 0 Å². The van der Waals surface area contributed by atoms with E-state index >= 15 is 0 Å². The van der Waals surface area contributed by atoms with E-state index in [1.807, 2.05) is 11.3 Å². The van der Waals surface area contributed by atoms with Gasteiger partial charge in [0.1, 0.15) is 0 Å². The Morgan fingerprint density at radius 2 is 2.13 bits per heavy atom. The fourth-order valence-corrected chi connectivity index (χ4v) is 14.2. The molecule has 15 heavy (non-hydrogen) atoms. The summed E-state index contributed by atoms with van der Waals surface area (Å²) in [4.78, 5) is 2.52. The fraction of sp³-hybridized carbons (Fsp3) is 0.364. The Labute approximate surface area is 111 Å². The number of fused-ring (bicyclic) bond motifs is 2. The van der Waals surface area contributed by atoms with Crippen molar-refractivity contribution >= 4 is 58.8 Å². The third-order valence-corrected chi connectivity index (χ3v) is 15.6. The second-order valence-electron chi connectivity index (χ2n) is 5.04. The summed E-state index contributed by atoms with van der Waals surface area (Å²) in [6.07, 6.45) is 2.63. The second-order valence-corrected chi connectivity index (χ2v) is 18.6. The Morgan fingerprint density at radius 3 is 2.87 bits per heavy atom. The molecule has 0 amide bonds. The summed E-state index contributed by atoms with van der Waals surface area (Å²) in [6.45, 7) is 7.47. The van der Waals surface area contributed by atoms with Crippen LogP contribution in [0, 0.1) is 2.17 Å². The molecule has 1 unspecified atom stereocenters. The summed E-state index contributed by atoms with van der Waals surface area (Å²) in [6, 6.07) is 2.35. The van der Waals surface area contributed by atoms with Gasteiger partial charge in [0.05, 0.1) is 0 Å². The third-order valence-electron chi connectivity index (χ3n) is 2.75. The van der Waals surface area contributed by atoms with Crippen molar-refractivity contribution in [3.05, 3.63) is 28.2 Å². The maximum atomic E-state index is 2.63. The zero-order valence-electron chi connectivity index (χ0n) is 9.07. The molecule has 0 aliphatic carbocycles. The normalized spacial score (nSPS) is 23.5. The monoisotopic (exact) mass is 446 g/mol. The first-order valence-electron chi connectivity index (χ1n) is 5.11. The van der Waals surface area contributed by atoms with Crippen LogP contribution in [-0.2, 0) is 0 Å². The molecule has 0 saturated carbocycles. The van der Waals surface area contributed by atoms with Crippen molar-refractivity contribution in [1.29, 1.82) is 0 Å². The molecular weight excluding hydrogens is 433 g/mol. The fourth-order valence-electron chi connectivity index (χ4n) is 1.83. The van der Waals surface area contributed by atoms with Gasteiger partial charge in [-0.25, -0.2) is 0 Å². The zero-order chi connectivity index (χ0) is 10.6. The van der Waals surface area contributed by atoms with Gasteiger partial charge in [0, 0.05) is 0 Å². The van der Waals surface area contributed by atoms with E-state index in [0.717, 1.165) is 4.87 Å². The molecule has 0 N–H and O–H groups in total. The van der Waals surface area contributed by atoms with Crippen molar-refractivity contribution in [1.82, 2.24) is 0 Å². The van der Waals surface area contributed by atoms with Crippen molar-refractivity contribution in [2.75, 3.05) is 0 Å². The summed E-state index contributed by atoms with van der Waals surface area (Å²) in [5.74, 6) is 0. The summed E-state index contributed by atoms with van der Waals surface area (Å²) in [5.41, 5.74) is 0. The molecule has 0 radical (unpaired) electrons. The van der Waals surface area contributed by atoms with Crippen LogP contribution >= 0.6 is 23.1 Å². The van der Waals surface area contributed by atoms with Crippen molar-refractivity contribution in [3.63, 3.8) is 0 Å². The Bertz CT molecular complexity index is 562. The van der Waals surface area contributed by atoms with Gasteiger partial charge < -0.3 is 0 Å². The molecule has 1 aromatic rings. The standard InChI is InChI=1S/C11H13S2Si.Bi/c1-14(2,3)11-5-4-10(13-11)9-6-7-12-8-9;/h5-7,11H,1-3H3;. The van der Waals surface area contributed by atoms with Crippen LogP contribution in [0.1, 0.15) is 0 Å². The molecule has 2 aliphatic heterocycles. The molecule has 1 aromatic heterocycles. The van der Waals surface area contributed by atoms with Crippen LogP contribution in [0.2, 0.25) is 19.6 Å². The van der Waals surface area contributed by atoms with Gasteiger partial charge in [-0.15, -0.1) is 0 Å². The molecule has 78 valence electrons. The van der Waals surface area contributed by atoms with Crippen LogP contribution in [0.25, 0.3) is 4.91 Å². The summed E-state index contributed by atoms with van der Waals surface area (Å²) in [5, 5.41) is 3.90. The van der Waals surface area contributed by atoms with Crippen LogP contribution in [0.3, 0.4) is 0 Å². The van der Waals surface area contributed by atoms with Crippen molar-refractivity contribution in [2.45, 2.75) is 24.5 Å². The molecule has 3 heterocycles. The molecule has 0 aromatic carbocycles. The van der Waals surface area contributed by atoms with Crippen molar-refractivity contribution in [2.24, 2.45) is 0 Å². The Balaban J connectivity index is 2.12. The Hall–Kier alpha value is 0.760. The number of thiophene rings is 1. The van der Waals surface area contributed by atoms with E-state index in [1.165, 1.54) is 0 Å². The van der Waals surface area contributed by atoms with Crippen LogP contribution in [0.4, 0.5) is 0 Å². The topological polar surface area (TPSA) is 0 Å². The van der Waals surface area contributed by atoms with Gasteiger partial charge in [0.15, 0.2) is 0 Å². The van der Waals surface area contributed by atoms with Gasteiger partial charge in [0.2, 0.25) is 0 Å². The van der Waals surface area contributed by atoms with Crippen LogP contribution in [0.5, 0.6) is 0 Å². The van der Waals surface area contributed by atoms with Crippen LogP contribution in [-0.4, -0.2) is 35.7 Å². The molecule has 0 nitrogen and oxygen atoms in total. The number of hydrogen-bond donors (Lipinski definition) is 0. The maximum absolute atomic E-state index is 2.63. The van der Waals surface area contributed by atoms with E-state index in [-0.39, 0.29) is 0 Å². The van der Waals surface area contributed by atoms with E-state index in [2.05, 4.69) is 48.9 Å². The van der Waals surface area contributed by atoms with Gasteiger partial charge >= 0.3 is 112 Å². The first-order chi connectivity index (χ1) is 7.05. The number of rotatable bonds is 1. The predicted molar refractivity (Wildman–Crippen MR) is 74.8 cm³/mol. The van der Waals surface area contributed by atoms with Gasteiger partial charge in [-0.05, 0) is 0 Å². The van der Waals surface area contributed by atoms with Crippen LogP contribution < -0.4 is 5.22 Å². The van der Waals surface area contributed by atoms with E-state index in [4.69, 9.17) is 0 Å². The average Bonchev–Trinajstić information content (AvgIpc) is 2.68. The minimum atomic E-state index is -0.993. The molecular formula is C11H13BiS2Si. The zero-order valence-corrected chi connectivity index (χ0v) is 15.2. The molecule has 0 bridgehead atoms. The van der Waals surface area contributed by atoms with Gasteiger partial charge in [-0.2, -0.15) is 0 Å². The summed E-state index contributed by atoms with van der Waals surface area (Å²) >= 11 is 3.70. The van der Waals surface area contributed by atoms with E-state index < -0.39 is 30.8 Å². The van der Waals surface area contributed by atoms with Gasteiger partial charge in [-0.1, -0.05) is 0 Å². The first-order valence-corrected chi connectivity index (χ1v) is 13.9. The van der Waals surface area contributed by atoms with Crippen molar-refractivity contribution < 1.29 is 0 Å². The molecule has 4 heteroatoms. The Morgan fingerprint density at radius 1 is 1.33 bits per heavy atom. The molecule has 1 atom stereocenters. The molecule has 0 spiro atoms. The summed E-state index contributed by atoms with van der Waals surface area (Å²) in [7, 11) is -0.993. The average molecular weight is 446 g/mol. The number of thioether (sulfide) groups is 1.